The van der Waals surface area contributed by atoms with E-state index in [4.69, 9.17) is 20.6 Å². The summed E-state index contributed by atoms with van der Waals surface area (Å²) in [4.78, 5) is 4.49. The lowest BCUT2D eigenvalue weighted by Crippen LogP contribution is -1.86. The summed E-state index contributed by atoms with van der Waals surface area (Å²) in [6.07, 6.45) is 0. The highest BCUT2D eigenvalue weighted by Gasteiger charge is 2.23. The molecule has 4 rings (SSSR count). The molecule has 7 heteroatoms. The lowest BCUT2D eigenvalue weighted by atomic mass is 10.1. The van der Waals surface area contributed by atoms with Crippen LogP contribution in [-0.4, -0.2) is 15.3 Å². The zero-order valence-electron chi connectivity index (χ0n) is 13.0. The molecule has 0 aliphatic carbocycles. The second-order valence-corrected chi connectivity index (χ2v) is 6.70. The fourth-order valence-corrected chi connectivity index (χ4v) is 2.99. The van der Waals surface area contributed by atoms with Crippen molar-refractivity contribution in [2.24, 2.45) is 0 Å². The van der Waals surface area contributed by atoms with Gasteiger partial charge in [0, 0.05) is 15.6 Å². The number of halogens is 2. The Hall–Kier alpha value is -2.44. The molecule has 0 unspecified atom stereocenters. The van der Waals surface area contributed by atoms with Crippen molar-refractivity contribution in [3.05, 3.63) is 63.8 Å². The molecule has 0 fully saturated rings. The highest BCUT2D eigenvalue weighted by molar-refractivity contribution is 9.10. The molecule has 4 aromatic rings. The van der Waals surface area contributed by atoms with E-state index in [2.05, 4.69) is 31.2 Å². The summed E-state index contributed by atoms with van der Waals surface area (Å²) < 4.78 is 11.8. The van der Waals surface area contributed by atoms with Gasteiger partial charge in [-0.1, -0.05) is 56.0 Å². The molecule has 0 bridgehead atoms. The largest absolute Gasteiger partial charge is 0.360 e. The van der Waals surface area contributed by atoms with Crippen LogP contribution in [0.5, 0.6) is 0 Å². The van der Waals surface area contributed by atoms with Gasteiger partial charge in [0.05, 0.1) is 5.02 Å². The van der Waals surface area contributed by atoms with E-state index in [0.29, 0.717) is 33.8 Å². The van der Waals surface area contributed by atoms with E-state index < -0.39 is 0 Å². The van der Waals surface area contributed by atoms with Crippen LogP contribution in [0.25, 0.3) is 34.1 Å². The van der Waals surface area contributed by atoms with Crippen LogP contribution < -0.4 is 0 Å². The van der Waals surface area contributed by atoms with Gasteiger partial charge in [0.25, 0.3) is 5.89 Å². The number of benzene rings is 2. The average Bonchev–Trinajstić information content (AvgIpc) is 3.23. The molecule has 0 spiro atoms. The van der Waals surface area contributed by atoms with E-state index in [0.717, 1.165) is 15.6 Å². The van der Waals surface area contributed by atoms with Gasteiger partial charge >= 0.3 is 0 Å². The molecule has 2 aromatic heterocycles. The maximum absolute atomic E-state index is 6.29. The van der Waals surface area contributed by atoms with Crippen LogP contribution in [0.15, 0.2) is 62.0 Å². The highest BCUT2D eigenvalue weighted by atomic mass is 79.9. The molecule has 0 atom stereocenters. The van der Waals surface area contributed by atoms with E-state index in [9.17, 15) is 0 Å². The Morgan fingerprint density at radius 3 is 2.48 bits per heavy atom. The Morgan fingerprint density at radius 2 is 1.72 bits per heavy atom. The van der Waals surface area contributed by atoms with Crippen molar-refractivity contribution in [1.82, 2.24) is 15.3 Å². The first-order valence-corrected chi connectivity index (χ1v) is 8.62. The quantitative estimate of drug-likeness (QED) is 0.423. The van der Waals surface area contributed by atoms with Gasteiger partial charge in [-0.3, -0.25) is 0 Å². The van der Waals surface area contributed by atoms with Crippen molar-refractivity contribution < 1.29 is 9.05 Å². The first kappa shape index (κ1) is 16.1. The maximum Gasteiger partial charge on any atom is 0.264 e. The summed E-state index contributed by atoms with van der Waals surface area (Å²) in [7, 11) is 0. The first-order chi connectivity index (χ1) is 12.1. The molecule has 124 valence electrons. The predicted octanol–water partition coefficient (Wildman–Crippen LogP) is 5.78. The topological polar surface area (TPSA) is 65.0 Å². The Morgan fingerprint density at radius 1 is 0.960 bits per heavy atom. The van der Waals surface area contributed by atoms with Crippen LogP contribution in [0.1, 0.15) is 5.76 Å². The number of nitrogens with zero attached hydrogens (tertiary/aromatic N) is 3. The molecule has 0 saturated heterocycles. The summed E-state index contributed by atoms with van der Waals surface area (Å²) in [6.45, 7) is 1.80. The Labute approximate surface area is 156 Å². The molecular weight excluding hydrogens is 406 g/mol. The van der Waals surface area contributed by atoms with Crippen molar-refractivity contribution in [2.45, 2.75) is 6.92 Å². The minimum absolute atomic E-state index is 0.339. The third-order valence-electron chi connectivity index (χ3n) is 3.73. The standard InChI is InChI=1S/C18H11BrClN3O2/c1-10-15(16(22-24-10)13-4-2-3-5-14(13)20)18-21-17(23-25-18)11-6-8-12(19)9-7-11/h2-9H,1H3. The molecule has 5 nitrogen and oxygen atoms in total. The van der Waals surface area contributed by atoms with Gasteiger partial charge in [-0.15, -0.1) is 0 Å². The van der Waals surface area contributed by atoms with Crippen molar-refractivity contribution in [2.75, 3.05) is 0 Å². The lowest BCUT2D eigenvalue weighted by Gasteiger charge is -2.00. The normalized spacial score (nSPS) is 11.0. The molecule has 2 heterocycles. The minimum Gasteiger partial charge on any atom is -0.360 e. The van der Waals surface area contributed by atoms with Gasteiger partial charge in [0.1, 0.15) is 17.0 Å². The van der Waals surface area contributed by atoms with Gasteiger partial charge in [0.15, 0.2) is 0 Å². The molecule has 0 N–H and O–H groups in total. The summed E-state index contributed by atoms with van der Waals surface area (Å²) in [5, 5.41) is 8.76. The second-order valence-electron chi connectivity index (χ2n) is 5.37. The molecule has 0 radical (unpaired) electrons. The number of aryl methyl sites for hydroxylation is 1. The zero-order chi connectivity index (χ0) is 17.4. The van der Waals surface area contributed by atoms with Gasteiger partial charge in [-0.2, -0.15) is 4.98 Å². The predicted molar refractivity (Wildman–Crippen MR) is 98.1 cm³/mol. The average molecular weight is 417 g/mol. The molecule has 0 aliphatic rings. The number of hydrogen-bond acceptors (Lipinski definition) is 5. The van der Waals surface area contributed by atoms with E-state index in [-0.39, 0.29) is 0 Å². The van der Waals surface area contributed by atoms with Gasteiger partial charge in [-0.05, 0) is 37.3 Å². The molecule has 0 aliphatic heterocycles. The molecular formula is C18H11BrClN3O2. The van der Waals surface area contributed by atoms with Crippen molar-refractivity contribution >= 4 is 27.5 Å². The first-order valence-electron chi connectivity index (χ1n) is 7.44. The summed E-state index contributed by atoms with van der Waals surface area (Å²) >= 11 is 9.70. The van der Waals surface area contributed by atoms with Crippen LogP contribution in [0, 0.1) is 6.92 Å². The lowest BCUT2D eigenvalue weighted by molar-refractivity contribution is 0.397. The van der Waals surface area contributed by atoms with Crippen LogP contribution in [0.4, 0.5) is 0 Å². The van der Waals surface area contributed by atoms with Crippen LogP contribution in [0.2, 0.25) is 5.02 Å². The van der Waals surface area contributed by atoms with E-state index in [1.165, 1.54) is 0 Å². The van der Waals surface area contributed by atoms with Crippen molar-refractivity contribution in [3.8, 4) is 34.1 Å². The van der Waals surface area contributed by atoms with E-state index >= 15 is 0 Å². The van der Waals surface area contributed by atoms with Crippen LogP contribution in [0.3, 0.4) is 0 Å². The molecule has 0 saturated carbocycles. The Balaban J connectivity index is 1.80. The minimum atomic E-state index is 0.339. The molecule has 0 amide bonds. The van der Waals surface area contributed by atoms with Crippen molar-refractivity contribution in [3.63, 3.8) is 0 Å². The zero-order valence-corrected chi connectivity index (χ0v) is 15.4. The fraction of sp³-hybridized carbons (Fsp3) is 0.0556. The number of aromatic nitrogens is 3. The van der Waals surface area contributed by atoms with Gasteiger partial charge in [0.2, 0.25) is 5.82 Å². The second kappa shape index (κ2) is 6.46. The maximum atomic E-state index is 6.29. The van der Waals surface area contributed by atoms with Gasteiger partial charge < -0.3 is 9.05 Å². The summed E-state index contributed by atoms with van der Waals surface area (Å²) in [5.41, 5.74) is 2.82. The van der Waals surface area contributed by atoms with Crippen LogP contribution >= 0.6 is 27.5 Å². The SMILES string of the molecule is Cc1onc(-c2ccccc2Cl)c1-c1nc(-c2ccc(Br)cc2)no1. The van der Waals surface area contributed by atoms with Crippen molar-refractivity contribution in [1.29, 1.82) is 0 Å². The third-order valence-corrected chi connectivity index (χ3v) is 4.59. The summed E-state index contributed by atoms with van der Waals surface area (Å²) in [6, 6.07) is 15.1. The molecule has 25 heavy (non-hydrogen) atoms. The number of hydrogen-bond donors (Lipinski definition) is 0. The van der Waals surface area contributed by atoms with E-state index in [1.54, 1.807) is 13.0 Å². The summed E-state index contributed by atoms with van der Waals surface area (Å²) in [5.74, 6) is 1.42. The van der Waals surface area contributed by atoms with Gasteiger partial charge in [-0.25, -0.2) is 0 Å². The highest BCUT2D eigenvalue weighted by Crippen LogP contribution is 2.37. The Kier molecular flexibility index (Phi) is 4.15. The monoisotopic (exact) mass is 415 g/mol. The third kappa shape index (κ3) is 2.99. The van der Waals surface area contributed by atoms with Crippen LogP contribution in [-0.2, 0) is 0 Å². The Bertz CT molecular complexity index is 1040. The van der Waals surface area contributed by atoms with E-state index in [1.807, 2.05) is 42.5 Å². The smallest absolute Gasteiger partial charge is 0.264 e. The number of rotatable bonds is 3. The molecule has 2 aromatic carbocycles. The fourth-order valence-electron chi connectivity index (χ4n) is 2.50.